The highest BCUT2D eigenvalue weighted by atomic mass is 16.4. The zero-order valence-corrected chi connectivity index (χ0v) is 13.2. The van der Waals surface area contributed by atoms with E-state index in [0.29, 0.717) is 5.69 Å². The first-order chi connectivity index (χ1) is 11.3. The molecule has 2 aromatic carbocycles. The van der Waals surface area contributed by atoms with Crippen LogP contribution < -0.4 is 5.32 Å². The molecule has 0 heterocycles. The van der Waals surface area contributed by atoms with Gasteiger partial charge in [-0.15, -0.1) is 0 Å². The van der Waals surface area contributed by atoms with E-state index in [-0.39, 0.29) is 22.6 Å². The van der Waals surface area contributed by atoms with Gasteiger partial charge in [-0.25, -0.2) is 9.59 Å². The van der Waals surface area contributed by atoms with Gasteiger partial charge in [0.25, 0.3) is 5.91 Å². The van der Waals surface area contributed by atoms with E-state index in [0.717, 1.165) is 11.6 Å². The van der Waals surface area contributed by atoms with E-state index in [4.69, 9.17) is 5.11 Å². The number of anilines is 1. The van der Waals surface area contributed by atoms with E-state index in [1.54, 1.807) is 12.1 Å². The molecule has 124 valence electrons. The van der Waals surface area contributed by atoms with E-state index in [9.17, 15) is 19.5 Å². The maximum absolute atomic E-state index is 12.5. The number of nitrogens with one attached hydrogen (secondary N) is 1. The Balaban J connectivity index is 2.40. The molecule has 0 aliphatic carbocycles. The van der Waals surface area contributed by atoms with Crippen molar-refractivity contribution in [3.63, 3.8) is 0 Å². The Morgan fingerprint density at radius 2 is 1.58 bits per heavy atom. The van der Waals surface area contributed by atoms with Gasteiger partial charge in [-0.1, -0.05) is 32.0 Å². The Hall–Kier alpha value is -3.15. The molecule has 0 atom stereocenters. The molecule has 24 heavy (non-hydrogen) atoms. The summed E-state index contributed by atoms with van der Waals surface area (Å²) in [7, 11) is 0. The van der Waals surface area contributed by atoms with Crippen molar-refractivity contribution in [2.75, 3.05) is 5.32 Å². The van der Waals surface area contributed by atoms with Crippen molar-refractivity contribution in [1.29, 1.82) is 0 Å². The lowest BCUT2D eigenvalue weighted by molar-refractivity contribution is 0.0692. The molecule has 0 spiro atoms. The van der Waals surface area contributed by atoms with Crippen LogP contribution in [0.1, 0.15) is 56.4 Å². The number of carboxylic acids is 2. The normalized spacial score (nSPS) is 10.5. The lowest BCUT2D eigenvalue weighted by Crippen LogP contribution is -2.18. The number of aromatic carboxylic acids is 2. The van der Waals surface area contributed by atoms with Crippen LogP contribution in [0.4, 0.5) is 5.69 Å². The predicted molar refractivity (Wildman–Crippen MR) is 88.8 cm³/mol. The van der Waals surface area contributed by atoms with Gasteiger partial charge in [0.2, 0.25) is 0 Å². The molecular formula is C18H17NO5. The highest BCUT2D eigenvalue weighted by molar-refractivity contribution is 6.11. The lowest BCUT2D eigenvalue weighted by Gasteiger charge is -2.14. The van der Waals surface area contributed by atoms with Crippen LogP contribution in [-0.2, 0) is 0 Å². The lowest BCUT2D eigenvalue weighted by atomic mass is 10.00. The maximum atomic E-state index is 12.5. The third kappa shape index (κ3) is 3.60. The maximum Gasteiger partial charge on any atom is 0.336 e. The summed E-state index contributed by atoms with van der Waals surface area (Å²) in [5.74, 6) is -3.04. The van der Waals surface area contributed by atoms with E-state index < -0.39 is 17.8 Å². The molecule has 0 aliphatic rings. The SMILES string of the molecule is CC(C)c1ccccc1NC(=O)c1ccc(C(=O)O)cc1C(=O)O. The molecule has 0 aliphatic heterocycles. The molecule has 6 heteroatoms. The molecule has 2 aromatic rings. The number of hydrogen-bond acceptors (Lipinski definition) is 3. The fourth-order valence-electron chi connectivity index (χ4n) is 2.36. The van der Waals surface area contributed by atoms with Crippen LogP contribution >= 0.6 is 0 Å². The molecule has 1 amide bonds. The number of carbonyl (C=O) groups is 3. The van der Waals surface area contributed by atoms with Crippen LogP contribution in [0, 0.1) is 0 Å². The second kappa shape index (κ2) is 6.95. The standard InChI is InChI=1S/C18H17NO5/c1-10(2)12-5-3-4-6-15(12)19-16(20)13-8-7-11(17(21)22)9-14(13)18(23)24/h3-10H,1-2H3,(H,19,20)(H,21,22)(H,23,24). The summed E-state index contributed by atoms with van der Waals surface area (Å²) in [6.45, 7) is 3.96. The van der Waals surface area contributed by atoms with Crippen LogP contribution in [0.2, 0.25) is 0 Å². The van der Waals surface area contributed by atoms with Gasteiger partial charge in [0.15, 0.2) is 0 Å². The number of amides is 1. The van der Waals surface area contributed by atoms with Gasteiger partial charge < -0.3 is 15.5 Å². The number of hydrogen-bond donors (Lipinski definition) is 3. The molecule has 0 unspecified atom stereocenters. The average molecular weight is 327 g/mol. The van der Waals surface area contributed by atoms with Gasteiger partial charge in [0.1, 0.15) is 0 Å². The second-order valence-corrected chi connectivity index (χ2v) is 5.57. The van der Waals surface area contributed by atoms with Crippen LogP contribution in [0.15, 0.2) is 42.5 Å². The van der Waals surface area contributed by atoms with E-state index in [2.05, 4.69) is 5.32 Å². The minimum Gasteiger partial charge on any atom is -0.478 e. The molecule has 2 rings (SSSR count). The van der Waals surface area contributed by atoms with Gasteiger partial charge in [-0.3, -0.25) is 4.79 Å². The number of carbonyl (C=O) groups excluding carboxylic acids is 1. The van der Waals surface area contributed by atoms with E-state index in [1.165, 1.54) is 12.1 Å². The molecule has 3 N–H and O–H groups in total. The van der Waals surface area contributed by atoms with Gasteiger partial charge >= 0.3 is 11.9 Å². The quantitative estimate of drug-likeness (QED) is 0.780. The molecule has 0 aromatic heterocycles. The minimum atomic E-state index is -1.36. The molecular weight excluding hydrogens is 310 g/mol. The molecule has 0 fully saturated rings. The zero-order chi connectivity index (χ0) is 17.9. The van der Waals surface area contributed by atoms with Gasteiger partial charge in [-0.05, 0) is 35.7 Å². The van der Waals surface area contributed by atoms with Crippen LogP contribution in [-0.4, -0.2) is 28.1 Å². The summed E-state index contributed by atoms with van der Waals surface area (Å²) in [6, 6.07) is 10.6. The molecule has 0 bridgehead atoms. The van der Waals surface area contributed by atoms with Gasteiger partial charge in [0.05, 0.1) is 16.7 Å². The summed E-state index contributed by atoms with van der Waals surface area (Å²) >= 11 is 0. The van der Waals surface area contributed by atoms with Gasteiger partial charge in [0, 0.05) is 5.69 Å². The average Bonchev–Trinajstić information content (AvgIpc) is 2.54. The zero-order valence-electron chi connectivity index (χ0n) is 13.2. The Morgan fingerprint density at radius 1 is 0.917 bits per heavy atom. The third-order valence-electron chi connectivity index (χ3n) is 3.57. The van der Waals surface area contributed by atoms with Crippen molar-refractivity contribution in [1.82, 2.24) is 0 Å². The smallest absolute Gasteiger partial charge is 0.336 e. The third-order valence-corrected chi connectivity index (χ3v) is 3.57. The van der Waals surface area contributed by atoms with E-state index in [1.807, 2.05) is 26.0 Å². The molecule has 0 radical (unpaired) electrons. The largest absolute Gasteiger partial charge is 0.478 e. The topological polar surface area (TPSA) is 104 Å². The van der Waals surface area contributed by atoms with Crippen molar-refractivity contribution in [3.8, 4) is 0 Å². The van der Waals surface area contributed by atoms with Crippen LogP contribution in [0.5, 0.6) is 0 Å². The summed E-state index contributed by atoms with van der Waals surface area (Å²) in [5, 5.41) is 20.9. The number of rotatable bonds is 5. The Kier molecular flexibility index (Phi) is 4.99. The highest BCUT2D eigenvalue weighted by Gasteiger charge is 2.20. The summed E-state index contributed by atoms with van der Waals surface area (Å²) in [6.07, 6.45) is 0. The van der Waals surface area contributed by atoms with Gasteiger partial charge in [-0.2, -0.15) is 0 Å². The monoisotopic (exact) mass is 327 g/mol. The predicted octanol–water partition coefficient (Wildman–Crippen LogP) is 3.46. The van der Waals surface area contributed by atoms with Crippen molar-refractivity contribution in [2.45, 2.75) is 19.8 Å². The summed E-state index contributed by atoms with van der Waals surface area (Å²) in [5.41, 5.74) is 0.882. The first kappa shape index (κ1) is 17.2. The van der Waals surface area contributed by atoms with Crippen molar-refractivity contribution < 1.29 is 24.6 Å². The number of benzene rings is 2. The second-order valence-electron chi connectivity index (χ2n) is 5.57. The Bertz CT molecular complexity index is 811. The highest BCUT2D eigenvalue weighted by Crippen LogP contribution is 2.24. The van der Waals surface area contributed by atoms with Crippen molar-refractivity contribution in [2.24, 2.45) is 0 Å². The fourth-order valence-corrected chi connectivity index (χ4v) is 2.36. The van der Waals surface area contributed by atoms with Crippen LogP contribution in [0.3, 0.4) is 0 Å². The first-order valence-corrected chi connectivity index (χ1v) is 7.32. The van der Waals surface area contributed by atoms with Crippen molar-refractivity contribution >= 4 is 23.5 Å². The Morgan fingerprint density at radius 3 is 2.17 bits per heavy atom. The fraction of sp³-hybridized carbons (Fsp3) is 0.167. The molecule has 6 nitrogen and oxygen atoms in total. The first-order valence-electron chi connectivity index (χ1n) is 7.32. The van der Waals surface area contributed by atoms with Crippen molar-refractivity contribution in [3.05, 3.63) is 64.7 Å². The summed E-state index contributed by atoms with van der Waals surface area (Å²) in [4.78, 5) is 34.8. The summed E-state index contributed by atoms with van der Waals surface area (Å²) < 4.78 is 0. The Labute approximate surface area is 138 Å². The molecule has 0 saturated carbocycles. The molecule has 0 saturated heterocycles. The number of para-hydroxylation sites is 1. The number of carboxylic acid groups (broad SMARTS) is 2. The van der Waals surface area contributed by atoms with Crippen LogP contribution in [0.25, 0.3) is 0 Å². The van der Waals surface area contributed by atoms with E-state index >= 15 is 0 Å². The minimum absolute atomic E-state index is 0.0916.